The van der Waals surface area contributed by atoms with Crippen molar-refractivity contribution in [2.24, 2.45) is 0 Å². The number of aryl methyl sites for hydroxylation is 3. The average molecular weight is 252 g/mol. The highest BCUT2D eigenvalue weighted by atomic mass is 32.1. The molecule has 0 aromatic carbocycles. The van der Waals surface area contributed by atoms with E-state index in [1.807, 2.05) is 13.8 Å². The summed E-state index contributed by atoms with van der Waals surface area (Å²) < 4.78 is 5.03. The Balaban J connectivity index is 1.73. The molecule has 2 aromatic heterocycles. The lowest BCUT2D eigenvalue weighted by Crippen LogP contribution is -2.16. The Labute approximate surface area is 104 Å². The zero-order valence-corrected chi connectivity index (χ0v) is 11.1. The van der Waals surface area contributed by atoms with Gasteiger partial charge in [-0.1, -0.05) is 5.16 Å². The van der Waals surface area contributed by atoms with E-state index in [-0.39, 0.29) is 0 Å². The lowest BCUT2D eigenvalue weighted by Gasteiger charge is -1.98. The van der Waals surface area contributed by atoms with E-state index in [1.165, 1.54) is 4.88 Å². The summed E-state index contributed by atoms with van der Waals surface area (Å²) in [6, 6.07) is 0. The van der Waals surface area contributed by atoms with Crippen molar-refractivity contribution in [2.75, 3.05) is 6.54 Å². The standard InChI is InChI=1S/C11H16N4OS/c1-7-8(2)17-11(13-7)6-12-5-4-10-14-9(3)15-16-10/h12H,4-6H2,1-3H3. The molecule has 2 heterocycles. The van der Waals surface area contributed by atoms with Gasteiger partial charge in [0, 0.05) is 24.4 Å². The van der Waals surface area contributed by atoms with E-state index >= 15 is 0 Å². The van der Waals surface area contributed by atoms with Crippen molar-refractivity contribution in [3.63, 3.8) is 0 Å². The number of aromatic nitrogens is 3. The molecular formula is C11H16N4OS. The Kier molecular flexibility index (Phi) is 3.86. The molecule has 0 saturated heterocycles. The summed E-state index contributed by atoms with van der Waals surface area (Å²) in [6.45, 7) is 7.57. The molecule has 0 amide bonds. The van der Waals surface area contributed by atoms with E-state index in [1.54, 1.807) is 11.3 Å². The zero-order valence-electron chi connectivity index (χ0n) is 10.3. The van der Waals surface area contributed by atoms with Crippen LogP contribution in [0.3, 0.4) is 0 Å². The molecule has 0 aliphatic rings. The summed E-state index contributed by atoms with van der Waals surface area (Å²) in [4.78, 5) is 9.89. The maximum Gasteiger partial charge on any atom is 0.227 e. The van der Waals surface area contributed by atoms with Crippen molar-refractivity contribution in [1.29, 1.82) is 0 Å². The summed E-state index contributed by atoms with van der Waals surface area (Å²) >= 11 is 1.74. The molecule has 2 rings (SSSR count). The van der Waals surface area contributed by atoms with E-state index in [9.17, 15) is 0 Å². The van der Waals surface area contributed by atoms with E-state index in [0.29, 0.717) is 11.7 Å². The topological polar surface area (TPSA) is 63.8 Å². The molecule has 0 bridgehead atoms. The third-order valence-corrected chi connectivity index (χ3v) is 3.51. The fourth-order valence-electron chi connectivity index (χ4n) is 1.45. The lowest BCUT2D eigenvalue weighted by molar-refractivity contribution is 0.372. The summed E-state index contributed by atoms with van der Waals surface area (Å²) in [6.07, 6.45) is 0.754. The molecule has 0 aliphatic carbocycles. The van der Waals surface area contributed by atoms with Crippen molar-refractivity contribution in [3.05, 3.63) is 27.3 Å². The predicted octanol–water partition coefficient (Wildman–Crippen LogP) is 1.78. The Hall–Kier alpha value is -1.27. The minimum absolute atomic E-state index is 0.682. The average Bonchev–Trinajstić information content (AvgIpc) is 2.82. The van der Waals surface area contributed by atoms with Gasteiger partial charge in [0.05, 0.1) is 5.69 Å². The first-order valence-corrected chi connectivity index (χ1v) is 6.39. The van der Waals surface area contributed by atoms with Crippen molar-refractivity contribution >= 4 is 11.3 Å². The van der Waals surface area contributed by atoms with Crippen LogP contribution in [0.15, 0.2) is 4.52 Å². The van der Waals surface area contributed by atoms with Crippen LogP contribution in [0.25, 0.3) is 0 Å². The molecule has 5 nitrogen and oxygen atoms in total. The van der Waals surface area contributed by atoms with Gasteiger partial charge in [-0.05, 0) is 20.8 Å². The zero-order chi connectivity index (χ0) is 12.3. The molecule has 0 aliphatic heterocycles. The second kappa shape index (κ2) is 5.37. The van der Waals surface area contributed by atoms with Gasteiger partial charge in [-0.15, -0.1) is 11.3 Å². The highest BCUT2D eigenvalue weighted by Crippen LogP contribution is 2.15. The number of rotatable bonds is 5. The molecule has 0 radical (unpaired) electrons. The fraction of sp³-hybridized carbons (Fsp3) is 0.545. The van der Waals surface area contributed by atoms with E-state index < -0.39 is 0 Å². The lowest BCUT2D eigenvalue weighted by atomic mass is 10.4. The van der Waals surface area contributed by atoms with Crippen molar-refractivity contribution in [1.82, 2.24) is 20.4 Å². The first-order valence-electron chi connectivity index (χ1n) is 5.58. The third kappa shape index (κ3) is 3.34. The number of nitrogens with one attached hydrogen (secondary N) is 1. The van der Waals surface area contributed by atoms with Crippen molar-refractivity contribution < 1.29 is 4.52 Å². The first-order chi connectivity index (χ1) is 8.15. The van der Waals surface area contributed by atoms with E-state index in [4.69, 9.17) is 4.52 Å². The Bertz CT molecular complexity index is 472. The molecule has 0 fully saturated rings. The van der Waals surface area contributed by atoms with Gasteiger partial charge in [0.25, 0.3) is 0 Å². The minimum atomic E-state index is 0.682. The van der Waals surface area contributed by atoms with Crippen LogP contribution in [0.1, 0.15) is 27.3 Å². The van der Waals surface area contributed by atoms with Crippen molar-refractivity contribution in [3.8, 4) is 0 Å². The van der Waals surface area contributed by atoms with Crippen LogP contribution < -0.4 is 5.32 Å². The van der Waals surface area contributed by atoms with Gasteiger partial charge in [-0.3, -0.25) is 0 Å². The van der Waals surface area contributed by atoms with Gasteiger partial charge in [0.1, 0.15) is 5.01 Å². The first kappa shape index (κ1) is 12.2. The molecular weight excluding hydrogens is 236 g/mol. The van der Waals surface area contributed by atoms with Crippen LogP contribution in [0.5, 0.6) is 0 Å². The molecule has 92 valence electrons. The van der Waals surface area contributed by atoms with Crippen molar-refractivity contribution in [2.45, 2.75) is 33.7 Å². The Morgan fingerprint density at radius 1 is 1.24 bits per heavy atom. The molecule has 2 aromatic rings. The number of nitrogens with zero attached hydrogens (tertiary/aromatic N) is 3. The normalized spacial score (nSPS) is 11.0. The SMILES string of the molecule is Cc1noc(CCNCc2nc(C)c(C)s2)n1. The smallest absolute Gasteiger partial charge is 0.227 e. The monoisotopic (exact) mass is 252 g/mol. The molecule has 0 spiro atoms. The number of hydrogen-bond donors (Lipinski definition) is 1. The van der Waals surface area contributed by atoms with E-state index in [2.05, 4.69) is 27.4 Å². The van der Waals surface area contributed by atoms with Crippen LogP contribution in [0.4, 0.5) is 0 Å². The maximum absolute atomic E-state index is 5.03. The van der Waals surface area contributed by atoms with Gasteiger partial charge in [0.2, 0.25) is 5.89 Å². The Morgan fingerprint density at radius 3 is 2.65 bits per heavy atom. The van der Waals surface area contributed by atoms with Crippen LogP contribution in [0.2, 0.25) is 0 Å². The quantitative estimate of drug-likeness (QED) is 0.822. The maximum atomic E-state index is 5.03. The van der Waals surface area contributed by atoms with Gasteiger partial charge in [0.15, 0.2) is 5.82 Å². The summed E-state index contributed by atoms with van der Waals surface area (Å²) in [5.74, 6) is 1.37. The fourth-order valence-corrected chi connectivity index (χ4v) is 2.35. The largest absolute Gasteiger partial charge is 0.339 e. The minimum Gasteiger partial charge on any atom is -0.339 e. The summed E-state index contributed by atoms with van der Waals surface area (Å²) in [5.41, 5.74) is 1.12. The molecule has 0 unspecified atom stereocenters. The highest BCUT2D eigenvalue weighted by molar-refractivity contribution is 7.11. The van der Waals surface area contributed by atoms with Gasteiger partial charge >= 0.3 is 0 Å². The van der Waals surface area contributed by atoms with Gasteiger partial charge < -0.3 is 9.84 Å². The molecule has 1 N–H and O–H groups in total. The number of hydrogen-bond acceptors (Lipinski definition) is 6. The molecule has 0 saturated carbocycles. The van der Waals surface area contributed by atoms with E-state index in [0.717, 1.165) is 30.2 Å². The second-order valence-electron chi connectivity index (χ2n) is 3.91. The van der Waals surface area contributed by atoms with Gasteiger partial charge in [-0.2, -0.15) is 4.98 Å². The van der Waals surface area contributed by atoms with Crippen LogP contribution in [0, 0.1) is 20.8 Å². The third-order valence-electron chi connectivity index (χ3n) is 2.43. The van der Waals surface area contributed by atoms with Crippen LogP contribution in [-0.4, -0.2) is 21.7 Å². The summed E-state index contributed by atoms with van der Waals surface area (Å²) in [7, 11) is 0. The Morgan fingerprint density at radius 2 is 2.06 bits per heavy atom. The molecule has 17 heavy (non-hydrogen) atoms. The summed E-state index contributed by atoms with van der Waals surface area (Å²) in [5, 5.41) is 8.19. The van der Waals surface area contributed by atoms with Gasteiger partial charge in [-0.25, -0.2) is 4.98 Å². The second-order valence-corrected chi connectivity index (χ2v) is 5.20. The molecule has 6 heteroatoms. The van der Waals surface area contributed by atoms with Crippen LogP contribution >= 0.6 is 11.3 Å². The predicted molar refractivity (Wildman–Crippen MR) is 66.0 cm³/mol. The van der Waals surface area contributed by atoms with Crippen LogP contribution in [-0.2, 0) is 13.0 Å². The molecule has 0 atom stereocenters. The highest BCUT2D eigenvalue weighted by Gasteiger charge is 2.04. The number of thiazole rings is 1.